The van der Waals surface area contributed by atoms with Gasteiger partial charge in [0, 0.05) is 11.1 Å². The first-order chi connectivity index (χ1) is 11.6. The molecule has 0 aliphatic carbocycles. The zero-order valence-corrected chi connectivity index (χ0v) is 13.4. The normalized spacial score (nSPS) is 11.4. The molecule has 6 heteroatoms. The zero-order chi connectivity index (χ0) is 17.4. The molecule has 1 atom stereocenters. The molecule has 0 aliphatic heterocycles. The van der Waals surface area contributed by atoms with Gasteiger partial charge in [-0.25, -0.2) is 5.48 Å². The molecule has 2 aromatic carbocycles. The number of hydrogen-bond acceptors (Lipinski definition) is 4. The quantitative estimate of drug-likeness (QED) is 0.538. The molecule has 0 heterocycles. The van der Waals surface area contributed by atoms with Crippen molar-refractivity contribution in [3.05, 3.63) is 65.7 Å². The largest absolute Gasteiger partial charge is 0.491 e. The summed E-state index contributed by atoms with van der Waals surface area (Å²) >= 11 is 0. The number of nitrogens with one attached hydrogen (secondary N) is 2. The van der Waals surface area contributed by atoms with Gasteiger partial charge in [0.15, 0.2) is 0 Å². The van der Waals surface area contributed by atoms with E-state index in [1.54, 1.807) is 41.9 Å². The van der Waals surface area contributed by atoms with Gasteiger partial charge in [0.05, 0.1) is 6.04 Å². The third-order valence-electron chi connectivity index (χ3n) is 3.53. The third kappa shape index (κ3) is 4.82. The van der Waals surface area contributed by atoms with Crippen molar-refractivity contribution in [3.8, 4) is 5.75 Å². The average molecular weight is 328 g/mol. The maximum atomic E-state index is 12.1. The summed E-state index contributed by atoms with van der Waals surface area (Å²) < 4.78 is 5.66. The SMILES string of the molecule is CC[C@@H](COc1ccc(C(=O)NO)cc1)NC(=O)c1ccccc1. The monoisotopic (exact) mass is 328 g/mol. The molecule has 0 radical (unpaired) electrons. The number of ether oxygens (including phenoxy) is 1. The van der Waals surface area contributed by atoms with Crippen LogP contribution in [0.1, 0.15) is 34.1 Å². The van der Waals surface area contributed by atoms with Crippen LogP contribution in [0.25, 0.3) is 0 Å². The Morgan fingerprint density at radius 3 is 2.21 bits per heavy atom. The minimum atomic E-state index is -0.580. The fourth-order valence-electron chi connectivity index (χ4n) is 2.08. The molecular weight excluding hydrogens is 308 g/mol. The second-order valence-corrected chi connectivity index (χ2v) is 5.22. The van der Waals surface area contributed by atoms with Crippen LogP contribution in [-0.4, -0.2) is 29.7 Å². The molecule has 0 saturated carbocycles. The number of carbonyl (C=O) groups excluding carboxylic acids is 2. The summed E-state index contributed by atoms with van der Waals surface area (Å²) in [7, 11) is 0. The van der Waals surface area contributed by atoms with Gasteiger partial charge in [-0.3, -0.25) is 14.8 Å². The molecule has 3 N–H and O–H groups in total. The van der Waals surface area contributed by atoms with Crippen molar-refractivity contribution in [1.82, 2.24) is 10.8 Å². The Hall–Kier alpha value is -2.86. The summed E-state index contributed by atoms with van der Waals surface area (Å²) in [5.41, 5.74) is 2.50. The number of amides is 2. The van der Waals surface area contributed by atoms with E-state index in [4.69, 9.17) is 9.94 Å². The topological polar surface area (TPSA) is 87.7 Å². The molecule has 2 rings (SSSR count). The zero-order valence-electron chi connectivity index (χ0n) is 13.4. The lowest BCUT2D eigenvalue weighted by atomic mass is 10.1. The van der Waals surface area contributed by atoms with Gasteiger partial charge in [-0.05, 0) is 42.8 Å². The van der Waals surface area contributed by atoms with Crippen molar-refractivity contribution in [2.75, 3.05) is 6.61 Å². The second-order valence-electron chi connectivity index (χ2n) is 5.22. The molecule has 0 aliphatic rings. The summed E-state index contributed by atoms with van der Waals surface area (Å²) in [6.07, 6.45) is 0.726. The first kappa shape index (κ1) is 17.5. The van der Waals surface area contributed by atoms with Gasteiger partial charge in [0.25, 0.3) is 11.8 Å². The van der Waals surface area contributed by atoms with E-state index in [2.05, 4.69) is 5.32 Å². The van der Waals surface area contributed by atoms with E-state index in [1.165, 1.54) is 0 Å². The van der Waals surface area contributed by atoms with Gasteiger partial charge >= 0.3 is 0 Å². The number of hydrogen-bond donors (Lipinski definition) is 3. The summed E-state index contributed by atoms with van der Waals surface area (Å²) in [5, 5.41) is 11.5. The third-order valence-corrected chi connectivity index (χ3v) is 3.53. The number of rotatable bonds is 7. The van der Waals surface area contributed by atoms with E-state index in [-0.39, 0.29) is 11.9 Å². The maximum absolute atomic E-state index is 12.1. The van der Waals surface area contributed by atoms with E-state index < -0.39 is 5.91 Å². The fourth-order valence-corrected chi connectivity index (χ4v) is 2.08. The van der Waals surface area contributed by atoms with Gasteiger partial charge < -0.3 is 10.1 Å². The maximum Gasteiger partial charge on any atom is 0.274 e. The van der Waals surface area contributed by atoms with Gasteiger partial charge in [0.2, 0.25) is 0 Å². The Morgan fingerprint density at radius 1 is 1.00 bits per heavy atom. The van der Waals surface area contributed by atoms with Crippen LogP contribution in [0, 0.1) is 0 Å². The average Bonchev–Trinajstić information content (AvgIpc) is 2.65. The summed E-state index contributed by atoms with van der Waals surface area (Å²) in [5.74, 6) is -0.138. The first-order valence-electron chi connectivity index (χ1n) is 7.67. The van der Waals surface area contributed by atoms with Gasteiger partial charge in [0.1, 0.15) is 12.4 Å². The van der Waals surface area contributed by atoms with Crippen LogP contribution in [0.15, 0.2) is 54.6 Å². The fraction of sp³-hybridized carbons (Fsp3) is 0.222. The van der Waals surface area contributed by atoms with E-state index in [9.17, 15) is 9.59 Å². The minimum Gasteiger partial charge on any atom is -0.491 e. The molecular formula is C18H20N2O4. The standard InChI is InChI=1S/C18H20N2O4/c1-2-15(19-17(21)13-6-4-3-5-7-13)12-24-16-10-8-14(9-11-16)18(22)20-23/h3-11,15,23H,2,12H2,1H3,(H,19,21)(H,20,22)/t15-/m0/s1. The molecule has 0 saturated heterocycles. The van der Waals surface area contributed by atoms with Crippen LogP contribution in [0.3, 0.4) is 0 Å². The highest BCUT2D eigenvalue weighted by Crippen LogP contribution is 2.13. The lowest BCUT2D eigenvalue weighted by molar-refractivity contribution is 0.0706. The predicted octanol–water partition coefficient (Wildman–Crippen LogP) is 2.39. The Morgan fingerprint density at radius 2 is 1.62 bits per heavy atom. The molecule has 126 valence electrons. The van der Waals surface area contributed by atoms with Crippen molar-refractivity contribution >= 4 is 11.8 Å². The van der Waals surface area contributed by atoms with Gasteiger partial charge in [-0.2, -0.15) is 0 Å². The van der Waals surface area contributed by atoms with Crippen LogP contribution < -0.4 is 15.5 Å². The first-order valence-corrected chi connectivity index (χ1v) is 7.67. The van der Waals surface area contributed by atoms with Crippen LogP contribution >= 0.6 is 0 Å². The Bertz CT molecular complexity index is 671. The molecule has 0 spiro atoms. The summed E-state index contributed by atoms with van der Waals surface area (Å²) in [4.78, 5) is 23.4. The van der Waals surface area contributed by atoms with Crippen molar-refractivity contribution < 1.29 is 19.5 Å². The molecule has 2 aromatic rings. The molecule has 2 amide bonds. The molecule has 0 fully saturated rings. The smallest absolute Gasteiger partial charge is 0.274 e. The van der Waals surface area contributed by atoms with Crippen molar-refractivity contribution in [2.24, 2.45) is 0 Å². The Labute approximate surface area is 140 Å². The van der Waals surface area contributed by atoms with Crippen LogP contribution in [0.2, 0.25) is 0 Å². The van der Waals surface area contributed by atoms with Crippen molar-refractivity contribution in [1.29, 1.82) is 0 Å². The second kappa shape index (κ2) is 8.69. The van der Waals surface area contributed by atoms with E-state index in [1.807, 2.05) is 25.1 Å². The highest BCUT2D eigenvalue weighted by molar-refractivity contribution is 5.94. The summed E-state index contributed by atoms with van der Waals surface area (Å²) in [6.45, 7) is 2.29. The molecule has 6 nitrogen and oxygen atoms in total. The minimum absolute atomic E-state index is 0.127. The van der Waals surface area contributed by atoms with Crippen molar-refractivity contribution in [3.63, 3.8) is 0 Å². The van der Waals surface area contributed by atoms with E-state index in [0.717, 1.165) is 6.42 Å². The van der Waals surface area contributed by atoms with E-state index in [0.29, 0.717) is 23.5 Å². The molecule has 0 bridgehead atoms. The number of carbonyl (C=O) groups is 2. The summed E-state index contributed by atoms with van der Waals surface area (Å²) in [6, 6.07) is 15.2. The highest BCUT2D eigenvalue weighted by atomic mass is 16.5. The van der Waals surface area contributed by atoms with Gasteiger partial charge in [-0.1, -0.05) is 25.1 Å². The Kier molecular flexibility index (Phi) is 6.33. The predicted molar refractivity (Wildman–Crippen MR) is 89.2 cm³/mol. The van der Waals surface area contributed by atoms with Crippen LogP contribution in [0.5, 0.6) is 5.75 Å². The van der Waals surface area contributed by atoms with E-state index >= 15 is 0 Å². The Balaban J connectivity index is 1.89. The highest BCUT2D eigenvalue weighted by Gasteiger charge is 2.13. The number of benzene rings is 2. The number of hydroxylamine groups is 1. The molecule has 0 aromatic heterocycles. The molecule has 0 unspecified atom stereocenters. The molecule has 24 heavy (non-hydrogen) atoms. The lowest BCUT2D eigenvalue weighted by Gasteiger charge is -2.18. The lowest BCUT2D eigenvalue weighted by Crippen LogP contribution is -2.38. The van der Waals surface area contributed by atoms with Crippen molar-refractivity contribution in [2.45, 2.75) is 19.4 Å². The van der Waals surface area contributed by atoms with Gasteiger partial charge in [-0.15, -0.1) is 0 Å². The van der Waals surface area contributed by atoms with Crippen LogP contribution in [-0.2, 0) is 0 Å². The van der Waals surface area contributed by atoms with Crippen LogP contribution in [0.4, 0.5) is 0 Å².